The number of pyridine rings is 1. The van der Waals surface area contributed by atoms with E-state index in [9.17, 15) is 0 Å². The van der Waals surface area contributed by atoms with Crippen molar-refractivity contribution in [2.75, 3.05) is 5.73 Å². The predicted molar refractivity (Wildman–Crippen MR) is 42.7 cm³/mol. The fourth-order valence-electron chi connectivity index (χ4n) is 0.918. The molecule has 0 saturated heterocycles. The Kier molecular flexibility index (Phi) is 4.13. The number of anilines is 1. The van der Waals surface area contributed by atoms with Gasteiger partial charge in [-0.3, -0.25) is 0 Å². The molecule has 1 aromatic rings. The summed E-state index contributed by atoms with van der Waals surface area (Å²) < 4.78 is 0. The second-order valence-corrected chi connectivity index (χ2v) is 2.63. The first-order valence-electron chi connectivity index (χ1n) is 3.42. The summed E-state index contributed by atoms with van der Waals surface area (Å²) in [5.41, 5.74) is 6.74. The van der Waals surface area contributed by atoms with Crippen molar-refractivity contribution in [2.24, 2.45) is 0 Å². The third-order valence-electron chi connectivity index (χ3n) is 1.49. The Hall–Kier alpha value is -0.556. The number of aromatic nitrogens is 1. The van der Waals surface area contributed by atoms with Crippen LogP contribution in [0.15, 0.2) is 18.3 Å². The number of hydrogen-bond donors (Lipinski definition) is 1. The zero-order chi connectivity index (χ0) is 7.56. The minimum Gasteiger partial charge on any atom is -0.383 e. The van der Waals surface area contributed by atoms with Crippen LogP contribution in [0.2, 0.25) is 0 Å². The molecule has 1 rings (SSSR count). The minimum atomic E-state index is 0. The van der Waals surface area contributed by atoms with Gasteiger partial charge in [0.15, 0.2) is 0 Å². The molecule has 0 atom stereocenters. The second kappa shape index (κ2) is 4.35. The zero-order valence-electron chi connectivity index (χ0n) is 6.65. The maximum Gasteiger partial charge on any atom is 0.126 e. The average Bonchev–Trinajstić information content (AvgIpc) is 1.88. The van der Waals surface area contributed by atoms with Crippen LogP contribution in [0.4, 0.5) is 5.82 Å². The number of nitrogens with zero attached hydrogens (tertiary/aromatic N) is 1. The van der Waals surface area contributed by atoms with Gasteiger partial charge in [-0.2, -0.15) is 0 Å². The molecule has 0 aliphatic carbocycles. The van der Waals surface area contributed by atoms with Gasteiger partial charge in [0.1, 0.15) is 5.82 Å². The van der Waals surface area contributed by atoms with Gasteiger partial charge in [0, 0.05) is 22.7 Å². The molecule has 0 unspecified atom stereocenters. The molecule has 0 bridgehead atoms. The van der Waals surface area contributed by atoms with E-state index in [1.54, 1.807) is 6.20 Å². The van der Waals surface area contributed by atoms with Crippen LogP contribution in [0.3, 0.4) is 0 Å². The molecule has 0 spiro atoms. The van der Waals surface area contributed by atoms with Gasteiger partial charge in [-0.05, 0) is 17.5 Å². The first-order valence-corrected chi connectivity index (χ1v) is 3.42. The molecule has 1 heterocycles. The van der Waals surface area contributed by atoms with Gasteiger partial charge >= 0.3 is 0 Å². The van der Waals surface area contributed by atoms with Crippen LogP contribution in [0, 0.1) is 0 Å². The summed E-state index contributed by atoms with van der Waals surface area (Å²) in [6, 6.07) is 3.92. The summed E-state index contributed by atoms with van der Waals surface area (Å²) in [7, 11) is 0. The summed E-state index contributed by atoms with van der Waals surface area (Å²) in [5, 5.41) is 0. The Morgan fingerprint density at radius 2 is 2.09 bits per heavy atom. The van der Waals surface area contributed by atoms with Crippen LogP contribution in [-0.4, -0.2) is 4.98 Å². The largest absolute Gasteiger partial charge is 0.383 e. The van der Waals surface area contributed by atoms with Crippen LogP contribution in [0.1, 0.15) is 25.3 Å². The smallest absolute Gasteiger partial charge is 0.126 e. The van der Waals surface area contributed by atoms with Gasteiger partial charge in [0.2, 0.25) is 0 Å². The van der Waals surface area contributed by atoms with E-state index in [4.69, 9.17) is 5.73 Å². The third kappa shape index (κ3) is 2.51. The van der Waals surface area contributed by atoms with Gasteiger partial charge in [-0.1, -0.05) is 19.9 Å². The molecule has 2 N–H and O–H groups in total. The quantitative estimate of drug-likeness (QED) is 0.693. The third-order valence-corrected chi connectivity index (χ3v) is 1.49. The minimum absolute atomic E-state index is 0. The van der Waals surface area contributed by atoms with Crippen molar-refractivity contribution in [1.82, 2.24) is 4.98 Å². The van der Waals surface area contributed by atoms with Crippen LogP contribution in [0.25, 0.3) is 0 Å². The maximum absolute atomic E-state index is 5.61. The molecule has 3 heteroatoms. The van der Waals surface area contributed by atoms with Crippen molar-refractivity contribution in [3.05, 3.63) is 23.9 Å². The molecule has 1 aromatic heterocycles. The maximum atomic E-state index is 5.61. The molecule has 2 nitrogen and oxygen atoms in total. The van der Waals surface area contributed by atoms with Crippen molar-refractivity contribution in [3.63, 3.8) is 0 Å². The Morgan fingerprint density at radius 1 is 1.45 bits per heavy atom. The van der Waals surface area contributed by atoms with Crippen LogP contribution in [-0.2, 0) is 16.5 Å². The summed E-state index contributed by atoms with van der Waals surface area (Å²) in [6.07, 6.45) is 1.71. The molecule has 11 heavy (non-hydrogen) atoms. The van der Waals surface area contributed by atoms with E-state index < -0.39 is 0 Å². The molecule has 64 valence electrons. The standard InChI is InChI=1S/C8H12N2.Ni/c1-6(2)7-4-3-5-10-8(7)9;/h3-6H,1-2H3,(H2,9,10);. The SMILES string of the molecule is CC(C)c1cccnc1N.[Ni]. The monoisotopic (exact) mass is 194 g/mol. The average molecular weight is 195 g/mol. The van der Waals surface area contributed by atoms with Crippen molar-refractivity contribution < 1.29 is 16.5 Å². The molecule has 0 aliphatic heterocycles. The van der Waals surface area contributed by atoms with Gasteiger partial charge in [0.25, 0.3) is 0 Å². The molecule has 0 aromatic carbocycles. The molecule has 0 amide bonds. The van der Waals surface area contributed by atoms with E-state index in [2.05, 4.69) is 18.8 Å². The van der Waals surface area contributed by atoms with E-state index in [1.807, 2.05) is 12.1 Å². The van der Waals surface area contributed by atoms with E-state index in [0.29, 0.717) is 11.7 Å². The van der Waals surface area contributed by atoms with E-state index >= 15 is 0 Å². The Bertz CT molecular complexity index is 223. The Labute approximate surface area is 77.1 Å². The van der Waals surface area contributed by atoms with Gasteiger partial charge in [-0.25, -0.2) is 4.98 Å². The van der Waals surface area contributed by atoms with Crippen LogP contribution in [0.5, 0.6) is 0 Å². The first kappa shape index (κ1) is 10.4. The van der Waals surface area contributed by atoms with E-state index in [0.717, 1.165) is 5.56 Å². The van der Waals surface area contributed by atoms with Gasteiger partial charge in [0.05, 0.1) is 0 Å². The molecular weight excluding hydrogens is 183 g/mol. The van der Waals surface area contributed by atoms with Crippen LogP contribution < -0.4 is 5.73 Å². The van der Waals surface area contributed by atoms with E-state index in [1.165, 1.54) is 0 Å². The van der Waals surface area contributed by atoms with Crippen molar-refractivity contribution in [1.29, 1.82) is 0 Å². The molecular formula is C8H12N2Ni. The number of nitrogens with two attached hydrogens (primary N) is 1. The van der Waals surface area contributed by atoms with Crippen molar-refractivity contribution in [3.8, 4) is 0 Å². The molecule has 0 fully saturated rings. The zero-order valence-corrected chi connectivity index (χ0v) is 7.64. The second-order valence-electron chi connectivity index (χ2n) is 2.63. The Balaban J connectivity index is 0.000001000. The number of nitrogen functional groups attached to an aromatic ring is 1. The van der Waals surface area contributed by atoms with Gasteiger partial charge < -0.3 is 5.73 Å². The van der Waals surface area contributed by atoms with Crippen molar-refractivity contribution in [2.45, 2.75) is 19.8 Å². The molecule has 0 aliphatic rings. The van der Waals surface area contributed by atoms with Crippen molar-refractivity contribution >= 4 is 5.82 Å². The summed E-state index contributed by atoms with van der Waals surface area (Å²) in [4.78, 5) is 3.98. The summed E-state index contributed by atoms with van der Waals surface area (Å²) in [6.45, 7) is 4.21. The van der Waals surface area contributed by atoms with E-state index in [-0.39, 0.29) is 16.5 Å². The number of hydrogen-bond acceptors (Lipinski definition) is 2. The fourth-order valence-corrected chi connectivity index (χ4v) is 0.918. The first-order chi connectivity index (χ1) is 4.72. The summed E-state index contributed by atoms with van der Waals surface area (Å²) in [5.74, 6) is 1.12. The molecule has 0 saturated carbocycles. The van der Waals surface area contributed by atoms with Crippen LogP contribution >= 0.6 is 0 Å². The predicted octanol–water partition coefficient (Wildman–Crippen LogP) is 1.78. The summed E-state index contributed by atoms with van der Waals surface area (Å²) >= 11 is 0. The fraction of sp³-hybridized carbons (Fsp3) is 0.375. The Morgan fingerprint density at radius 3 is 2.45 bits per heavy atom. The van der Waals surface area contributed by atoms with Gasteiger partial charge in [-0.15, -0.1) is 0 Å². The normalized spacial score (nSPS) is 9.36. The molecule has 0 radical (unpaired) electrons. The number of rotatable bonds is 1. The topological polar surface area (TPSA) is 38.9 Å².